The molecule has 0 aromatic heterocycles. The van der Waals surface area contributed by atoms with Gasteiger partial charge in [-0.3, -0.25) is 4.79 Å². The van der Waals surface area contributed by atoms with Gasteiger partial charge in [-0.1, -0.05) is 17.7 Å². The highest BCUT2D eigenvalue weighted by Crippen LogP contribution is 2.20. The van der Waals surface area contributed by atoms with Gasteiger partial charge in [0, 0.05) is 5.69 Å². The summed E-state index contributed by atoms with van der Waals surface area (Å²) in [5, 5.41) is 2.71. The second kappa shape index (κ2) is 7.64. The average molecular weight is 327 g/mol. The Bertz CT molecular complexity index is 768. The molecule has 0 radical (unpaired) electrons. The Labute approximate surface area is 141 Å². The smallest absolute Gasteiger partial charge is 0.342 e. The molecule has 24 heavy (non-hydrogen) atoms. The molecule has 0 heterocycles. The van der Waals surface area contributed by atoms with E-state index < -0.39 is 11.9 Å². The van der Waals surface area contributed by atoms with Crippen molar-refractivity contribution in [1.29, 1.82) is 0 Å². The van der Waals surface area contributed by atoms with Crippen LogP contribution in [-0.4, -0.2) is 25.6 Å². The summed E-state index contributed by atoms with van der Waals surface area (Å²) in [6.45, 7) is 5.47. The maximum atomic E-state index is 12.2. The number of benzene rings is 2. The summed E-state index contributed by atoms with van der Waals surface area (Å²) < 4.78 is 10.2. The van der Waals surface area contributed by atoms with Crippen LogP contribution in [0.25, 0.3) is 0 Å². The van der Waals surface area contributed by atoms with Gasteiger partial charge in [-0.2, -0.15) is 0 Å². The van der Waals surface area contributed by atoms with Crippen LogP contribution in [0.3, 0.4) is 0 Å². The van der Waals surface area contributed by atoms with Crippen LogP contribution >= 0.6 is 0 Å². The minimum absolute atomic E-state index is 0.302. The van der Waals surface area contributed by atoms with Gasteiger partial charge in [0.05, 0.1) is 7.11 Å². The van der Waals surface area contributed by atoms with E-state index in [2.05, 4.69) is 5.32 Å². The number of methoxy groups -OCH3 is 1. The lowest BCUT2D eigenvalue weighted by Crippen LogP contribution is -2.21. The molecule has 0 atom stereocenters. The molecule has 2 rings (SSSR count). The fourth-order valence-corrected chi connectivity index (χ4v) is 2.21. The Morgan fingerprint density at radius 1 is 1.00 bits per heavy atom. The fourth-order valence-electron chi connectivity index (χ4n) is 2.21. The van der Waals surface area contributed by atoms with Crippen LogP contribution in [0, 0.1) is 20.8 Å². The van der Waals surface area contributed by atoms with Crippen molar-refractivity contribution in [2.24, 2.45) is 0 Å². The maximum absolute atomic E-state index is 12.2. The number of rotatable bonds is 5. The highest BCUT2D eigenvalue weighted by molar-refractivity contribution is 5.97. The summed E-state index contributed by atoms with van der Waals surface area (Å²) in [6.07, 6.45) is 0. The average Bonchev–Trinajstić information content (AvgIpc) is 2.56. The van der Waals surface area contributed by atoms with Gasteiger partial charge in [-0.05, 0) is 56.2 Å². The lowest BCUT2D eigenvalue weighted by atomic mass is 10.1. The van der Waals surface area contributed by atoms with E-state index >= 15 is 0 Å². The Balaban J connectivity index is 1.97. The van der Waals surface area contributed by atoms with Crippen molar-refractivity contribution < 1.29 is 19.1 Å². The first-order chi connectivity index (χ1) is 11.4. The molecule has 5 nitrogen and oxygen atoms in total. The van der Waals surface area contributed by atoms with E-state index in [4.69, 9.17) is 9.47 Å². The molecule has 1 N–H and O–H groups in total. The Morgan fingerprint density at radius 2 is 1.75 bits per heavy atom. The van der Waals surface area contributed by atoms with Crippen LogP contribution in [0.5, 0.6) is 5.75 Å². The molecule has 0 aliphatic heterocycles. The third-order valence-electron chi connectivity index (χ3n) is 3.70. The van der Waals surface area contributed by atoms with Crippen molar-refractivity contribution in [1.82, 2.24) is 0 Å². The molecule has 1 amide bonds. The van der Waals surface area contributed by atoms with E-state index in [0.29, 0.717) is 17.0 Å². The zero-order chi connectivity index (χ0) is 17.7. The molecular formula is C19H21NO4. The lowest BCUT2D eigenvalue weighted by Gasteiger charge is -2.10. The van der Waals surface area contributed by atoms with Crippen molar-refractivity contribution in [2.75, 3.05) is 19.0 Å². The predicted molar refractivity (Wildman–Crippen MR) is 92.6 cm³/mol. The van der Waals surface area contributed by atoms with Crippen molar-refractivity contribution in [2.45, 2.75) is 20.8 Å². The van der Waals surface area contributed by atoms with Gasteiger partial charge >= 0.3 is 5.97 Å². The maximum Gasteiger partial charge on any atom is 0.342 e. The second-order valence-electron chi connectivity index (χ2n) is 5.63. The zero-order valence-corrected chi connectivity index (χ0v) is 14.3. The summed E-state index contributed by atoms with van der Waals surface area (Å²) >= 11 is 0. The Kier molecular flexibility index (Phi) is 5.58. The van der Waals surface area contributed by atoms with Crippen LogP contribution in [0.1, 0.15) is 27.0 Å². The van der Waals surface area contributed by atoms with Gasteiger partial charge in [0.2, 0.25) is 0 Å². The van der Waals surface area contributed by atoms with Crippen molar-refractivity contribution >= 4 is 17.6 Å². The number of nitrogens with one attached hydrogen (secondary N) is 1. The molecule has 0 spiro atoms. The van der Waals surface area contributed by atoms with Crippen LogP contribution in [0.4, 0.5) is 5.69 Å². The normalized spacial score (nSPS) is 10.2. The third-order valence-corrected chi connectivity index (χ3v) is 3.70. The fraction of sp³-hybridized carbons (Fsp3) is 0.263. The van der Waals surface area contributed by atoms with E-state index in [-0.39, 0.29) is 6.61 Å². The van der Waals surface area contributed by atoms with E-state index in [0.717, 1.165) is 16.7 Å². The molecule has 0 aliphatic carbocycles. The van der Waals surface area contributed by atoms with E-state index in [1.165, 1.54) is 7.11 Å². The quantitative estimate of drug-likeness (QED) is 0.855. The van der Waals surface area contributed by atoms with Gasteiger partial charge < -0.3 is 14.8 Å². The summed E-state index contributed by atoms with van der Waals surface area (Å²) in [6, 6.07) is 10.8. The standard InChI is InChI=1S/C19H21NO4/c1-12-5-8-17(23-4)16(9-12)19(22)24-11-18(21)20-15-7-6-13(2)14(3)10-15/h5-10H,11H2,1-4H3,(H,20,21). The number of hydrogen-bond acceptors (Lipinski definition) is 4. The number of anilines is 1. The van der Waals surface area contributed by atoms with Crippen LogP contribution in [0.15, 0.2) is 36.4 Å². The molecule has 0 unspecified atom stereocenters. The number of amides is 1. The summed E-state index contributed by atoms with van der Waals surface area (Å²) in [5.74, 6) is -0.566. The van der Waals surface area contributed by atoms with E-state index in [1.54, 1.807) is 12.1 Å². The summed E-state index contributed by atoms with van der Waals surface area (Å²) in [4.78, 5) is 24.1. The van der Waals surface area contributed by atoms with Crippen LogP contribution in [-0.2, 0) is 9.53 Å². The third kappa shape index (κ3) is 4.35. The molecule has 2 aromatic rings. The van der Waals surface area contributed by atoms with Crippen LogP contribution < -0.4 is 10.1 Å². The largest absolute Gasteiger partial charge is 0.496 e. The first-order valence-electron chi connectivity index (χ1n) is 7.59. The Morgan fingerprint density at radius 3 is 2.42 bits per heavy atom. The van der Waals surface area contributed by atoms with Crippen molar-refractivity contribution in [3.63, 3.8) is 0 Å². The highest BCUT2D eigenvalue weighted by atomic mass is 16.5. The molecule has 2 aromatic carbocycles. The number of carbonyl (C=O) groups is 2. The number of aryl methyl sites for hydroxylation is 3. The molecule has 0 saturated carbocycles. The van der Waals surface area contributed by atoms with Gasteiger partial charge in [0.1, 0.15) is 11.3 Å². The Hall–Kier alpha value is -2.82. The molecular weight excluding hydrogens is 306 g/mol. The molecule has 0 bridgehead atoms. The monoisotopic (exact) mass is 327 g/mol. The van der Waals surface area contributed by atoms with E-state index in [1.807, 2.05) is 45.0 Å². The molecule has 126 valence electrons. The van der Waals surface area contributed by atoms with E-state index in [9.17, 15) is 9.59 Å². The lowest BCUT2D eigenvalue weighted by molar-refractivity contribution is -0.119. The summed E-state index contributed by atoms with van der Waals surface area (Å²) in [5.41, 5.74) is 4.10. The topological polar surface area (TPSA) is 64.6 Å². The SMILES string of the molecule is COc1ccc(C)cc1C(=O)OCC(=O)Nc1ccc(C)c(C)c1. The van der Waals surface area contributed by atoms with Crippen LogP contribution in [0.2, 0.25) is 0 Å². The summed E-state index contributed by atoms with van der Waals surface area (Å²) in [7, 11) is 1.48. The minimum Gasteiger partial charge on any atom is -0.496 e. The zero-order valence-electron chi connectivity index (χ0n) is 14.3. The van der Waals surface area contributed by atoms with Gasteiger partial charge in [0.15, 0.2) is 6.61 Å². The molecule has 0 fully saturated rings. The molecule has 0 saturated heterocycles. The van der Waals surface area contributed by atoms with Gasteiger partial charge in [-0.25, -0.2) is 4.79 Å². The minimum atomic E-state index is -0.592. The first kappa shape index (κ1) is 17.5. The van der Waals surface area contributed by atoms with Gasteiger partial charge in [0.25, 0.3) is 5.91 Å². The number of ether oxygens (including phenoxy) is 2. The molecule has 5 heteroatoms. The number of esters is 1. The first-order valence-corrected chi connectivity index (χ1v) is 7.59. The number of carbonyl (C=O) groups excluding carboxylic acids is 2. The van der Waals surface area contributed by atoms with Crippen molar-refractivity contribution in [3.8, 4) is 5.75 Å². The second-order valence-corrected chi connectivity index (χ2v) is 5.63. The number of hydrogen-bond donors (Lipinski definition) is 1. The predicted octanol–water partition coefficient (Wildman–Crippen LogP) is 3.42. The molecule has 0 aliphatic rings. The van der Waals surface area contributed by atoms with Crippen molar-refractivity contribution in [3.05, 3.63) is 58.7 Å². The van der Waals surface area contributed by atoms with Gasteiger partial charge in [-0.15, -0.1) is 0 Å². The highest BCUT2D eigenvalue weighted by Gasteiger charge is 2.15.